The average Bonchev–Trinajstić information content (AvgIpc) is 2.15. The highest BCUT2D eigenvalue weighted by Gasteiger charge is 2.19. The van der Waals surface area contributed by atoms with Gasteiger partial charge in [0.1, 0.15) is 18.4 Å². The van der Waals surface area contributed by atoms with Crippen molar-refractivity contribution in [2.24, 2.45) is 0 Å². The molecule has 0 amide bonds. The van der Waals surface area contributed by atoms with Crippen molar-refractivity contribution in [2.45, 2.75) is 19.4 Å². The Kier molecular flexibility index (Phi) is 3.10. The van der Waals surface area contributed by atoms with E-state index in [1.54, 1.807) is 12.1 Å². The molecule has 14 heavy (non-hydrogen) atoms. The maximum absolute atomic E-state index is 9.37. The van der Waals surface area contributed by atoms with Gasteiger partial charge in [-0.3, -0.25) is 0 Å². The van der Waals surface area contributed by atoms with Crippen LogP contribution < -0.4 is 4.74 Å². The standard InChI is InChI=1S/C11H13NO2/c1-9-4-3-5-10(6-9)14-8-11(2,13)7-12/h3-6,13H,8H2,1-2H3. The van der Waals surface area contributed by atoms with Crippen molar-refractivity contribution in [3.05, 3.63) is 29.8 Å². The number of rotatable bonds is 3. The minimum atomic E-state index is -1.43. The monoisotopic (exact) mass is 191 g/mol. The van der Waals surface area contributed by atoms with E-state index in [1.165, 1.54) is 6.92 Å². The van der Waals surface area contributed by atoms with E-state index in [0.717, 1.165) is 5.56 Å². The van der Waals surface area contributed by atoms with Crippen molar-refractivity contribution < 1.29 is 9.84 Å². The number of benzene rings is 1. The molecule has 0 saturated carbocycles. The first kappa shape index (κ1) is 10.6. The quantitative estimate of drug-likeness (QED) is 0.739. The number of ether oxygens (including phenoxy) is 1. The van der Waals surface area contributed by atoms with E-state index in [0.29, 0.717) is 5.75 Å². The summed E-state index contributed by atoms with van der Waals surface area (Å²) < 4.78 is 5.27. The molecule has 0 aliphatic rings. The average molecular weight is 191 g/mol. The SMILES string of the molecule is Cc1cccc(OCC(C)(O)C#N)c1. The number of aliphatic hydroxyl groups is 1. The lowest BCUT2D eigenvalue weighted by molar-refractivity contribution is 0.0611. The Balaban J connectivity index is 2.59. The molecule has 0 heterocycles. The number of hydrogen-bond acceptors (Lipinski definition) is 3. The Bertz CT molecular complexity index is 353. The maximum Gasteiger partial charge on any atom is 0.182 e. The Hall–Kier alpha value is -1.53. The summed E-state index contributed by atoms with van der Waals surface area (Å²) in [6.45, 7) is 3.35. The fourth-order valence-electron chi connectivity index (χ4n) is 0.961. The van der Waals surface area contributed by atoms with Crippen LogP contribution in [0.3, 0.4) is 0 Å². The molecule has 3 heteroatoms. The molecule has 74 valence electrons. The molecule has 1 N–H and O–H groups in total. The third-order valence-electron chi connectivity index (χ3n) is 1.75. The summed E-state index contributed by atoms with van der Waals surface area (Å²) in [5.41, 5.74) is -0.344. The van der Waals surface area contributed by atoms with Gasteiger partial charge in [0.2, 0.25) is 0 Å². The molecule has 0 aliphatic heterocycles. The van der Waals surface area contributed by atoms with E-state index in [2.05, 4.69) is 0 Å². The number of aryl methyl sites for hydroxylation is 1. The van der Waals surface area contributed by atoms with Crippen LogP contribution in [0.4, 0.5) is 0 Å². The summed E-state index contributed by atoms with van der Waals surface area (Å²) in [5.74, 6) is 0.667. The van der Waals surface area contributed by atoms with Gasteiger partial charge in [-0.05, 0) is 31.5 Å². The van der Waals surface area contributed by atoms with Crippen LogP contribution in [-0.2, 0) is 0 Å². The van der Waals surface area contributed by atoms with Gasteiger partial charge >= 0.3 is 0 Å². The zero-order valence-corrected chi connectivity index (χ0v) is 8.32. The topological polar surface area (TPSA) is 53.2 Å². The molecule has 0 fully saturated rings. The second-order valence-electron chi connectivity index (χ2n) is 3.49. The van der Waals surface area contributed by atoms with Crippen LogP contribution in [0.15, 0.2) is 24.3 Å². The van der Waals surface area contributed by atoms with Crippen LogP contribution in [0, 0.1) is 18.3 Å². The van der Waals surface area contributed by atoms with Crippen molar-refractivity contribution in [2.75, 3.05) is 6.61 Å². The normalized spacial score (nSPS) is 14.1. The lowest BCUT2D eigenvalue weighted by Crippen LogP contribution is -2.30. The minimum absolute atomic E-state index is 0.0209. The van der Waals surface area contributed by atoms with Gasteiger partial charge in [-0.1, -0.05) is 12.1 Å². The van der Waals surface area contributed by atoms with Crippen molar-refractivity contribution >= 4 is 0 Å². The minimum Gasteiger partial charge on any atom is -0.489 e. The summed E-state index contributed by atoms with van der Waals surface area (Å²) in [5, 5.41) is 17.9. The summed E-state index contributed by atoms with van der Waals surface area (Å²) >= 11 is 0. The number of hydrogen-bond donors (Lipinski definition) is 1. The molecule has 1 atom stereocenters. The van der Waals surface area contributed by atoms with Crippen molar-refractivity contribution in [3.63, 3.8) is 0 Å². The molecule has 1 unspecified atom stereocenters. The fraction of sp³-hybridized carbons (Fsp3) is 0.364. The number of nitrogens with zero attached hydrogens (tertiary/aromatic N) is 1. The Morgan fingerprint density at radius 3 is 2.86 bits per heavy atom. The Labute approximate surface area is 83.6 Å². The summed E-state index contributed by atoms with van der Waals surface area (Å²) in [6, 6.07) is 9.22. The molecule has 0 saturated heterocycles. The molecule has 0 aromatic heterocycles. The fourth-order valence-corrected chi connectivity index (χ4v) is 0.961. The molecular formula is C11H13NO2. The first-order valence-corrected chi connectivity index (χ1v) is 4.36. The van der Waals surface area contributed by atoms with Crippen molar-refractivity contribution in [3.8, 4) is 11.8 Å². The van der Waals surface area contributed by atoms with E-state index < -0.39 is 5.60 Å². The Morgan fingerprint density at radius 1 is 1.57 bits per heavy atom. The zero-order valence-electron chi connectivity index (χ0n) is 8.32. The third-order valence-corrected chi connectivity index (χ3v) is 1.75. The van der Waals surface area contributed by atoms with Gasteiger partial charge in [0.05, 0.1) is 0 Å². The highest BCUT2D eigenvalue weighted by atomic mass is 16.5. The van der Waals surface area contributed by atoms with Gasteiger partial charge in [-0.2, -0.15) is 5.26 Å². The first-order valence-electron chi connectivity index (χ1n) is 4.36. The van der Waals surface area contributed by atoms with E-state index in [1.807, 2.05) is 25.1 Å². The molecule has 0 radical (unpaired) electrons. The molecule has 0 bridgehead atoms. The van der Waals surface area contributed by atoms with Gasteiger partial charge in [0, 0.05) is 0 Å². The molecule has 1 aromatic carbocycles. The first-order chi connectivity index (χ1) is 6.53. The van der Waals surface area contributed by atoms with Crippen LogP contribution >= 0.6 is 0 Å². The van der Waals surface area contributed by atoms with Crippen molar-refractivity contribution in [1.29, 1.82) is 5.26 Å². The molecule has 0 spiro atoms. The van der Waals surface area contributed by atoms with Crippen LogP contribution in [0.1, 0.15) is 12.5 Å². The maximum atomic E-state index is 9.37. The van der Waals surface area contributed by atoms with Crippen molar-refractivity contribution in [1.82, 2.24) is 0 Å². The predicted molar refractivity (Wildman–Crippen MR) is 52.9 cm³/mol. The molecule has 1 rings (SSSR count). The van der Waals surface area contributed by atoms with E-state index in [9.17, 15) is 5.11 Å². The molecule has 1 aromatic rings. The second kappa shape index (κ2) is 4.12. The van der Waals surface area contributed by atoms with Gasteiger partial charge in [0.25, 0.3) is 0 Å². The highest BCUT2D eigenvalue weighted by Crippen LogP contribution is 2.14. The van der Waals surface area contributed by atoms with E-state index >= 15 is 0 Å². The Morgan fingerprint density at radius 2 is 2.29 bits per heavy atom. The van der Waals surface area contributed by atoms with Gasteiger partial charge < -0.3 is 9.84 Å². The summed E-state index contributed by atoms with van der Waals surface area (Å²) in [4.78, 5) is 0. The summed E-state index contributed by atoms with van der Waals surface area (Å²) in [7, 11) is 0. The summed E-state index contributed by atoms with van der Waals surface area (Å²) in [6.07, 6.45) is 0. The highest BCUT2D eigenvalue weighted by molar-refractivity contribution is 5.27. The van der Waals surface area contributed by atoms with Crippen LogP contribution in [0.25, 0.3) is 0 Å². The van der Waals surface area contributed by atoms with Crippen LogP contribution in [-0.4, -0.2) is 17.3 Å². The third kappa shape index (κ3) is 3.08. The van der Waals surface area contributed by atoms with E-state index in [4.69, 9.17) is 10.00 Å². The van der Waals surface area contributed by atoms with Gasteiger partial charge in [-0.15, -0.1) is 0 Å². The van der Waals surface area contributed by atoms with E-state index in [-0.39, 0.29) is 6.61 Å². The smallest absolute Gasteiger partial charge is 0.182 e. The largest absolute Gasteiger partial charge is 0.489 e. The van der Waals surface area contributed by atoms with Gasteiger partial charge in [-0.25, -0.2) is 0 Å². The molecule has 3 nitrogen and oxygen atoms in total. The van der Waals surface area contributed by atoms with Crippen LogP contribution in [0.2, 0.25) is 0 Å². The zero-order chi connectivity index (χ0) is 10.6. The second-order valence-corrected chi connectivity index (χ2v) is 3.49. The lowest BCUT2D eigenvalue weighted by Gasteiger charge is -2.15. The molecular weight excluding hydrogens is 178 g/mol. The van der Waals surface area contributed by atoms with Gasteiger partial charge in [0.15, 0.2) is 5.60 Å². The lowest BCUT2D eigenvalue weighted by atomic mass is 10.1. The van der Waals surface area contributed by atoms with Crippen LogP contribution in [0.5, 0.6) is 5.75 Å². The molecule has 0 aliphatic carbocycles. The number of nitriles is 1. The predicted octanol–water partition coefficient (Wildman–Crippen LogP) is 1.65.